The van der Waals surface area contributed by atoms with Gasteiger partial charge in [-0.15, -0.1) is 0 Å². The van der Waals surface area contributed by atoms with Crippen molar-refractivity contribution >= 4 is 0 Å². The molecule has 0 N–H and O–H groups in total. The highest BCUT2D eigenvalue weighted by molar-refractivity contribution is 4.93. The summed E-state index contributed by atoms with van der Waals surface area (Å²) in [5, 5.41) is 8.95. The van der Waals surface area contributed by atoms with Crippen LogP contribution in [-0.2, 0) is 0 Å². The van der Waals surface area contributed by atoms with Gasteiger partial charge in [0.1, 0.15) is 0 Å². The number of hydrogen-bond acceptors (Lipinski definition) is 1. The molecule has 0 amide bonds. The molecular formula is C11H19N. The molecule has 0 aromatic heterocycles. The number of hydrogen-bond donors (Lipinski definition) is 0. The topological polar surface area (TPSA) is 23.8 Å². The van der Waals surface area contributed by atoms with Crippen LogP contribution in [0.15, 0.2) is 0 Å². The van der Waals surface area contributed by atoms with Crippen LogP contribution in [0.5, 0.6) is 0 Å². The van der Waals surface area contributed by atoms with E-state index < -0.39 is 0 Å². The lowest BCUT2D eigenvalue weighted by Gasteiger charge is -2.33. The van der Waals surface area contributed by atoms with Crippen molar-refractivity contribution in [1.29, 1.82) is 5.26 Å². The van der Waals surface area contributed by atoms with Crippen molar-refractivity contribution in [2.24, 2.45) is 23.7 Å². The molecule has 0 aliphatic heterocycles. The van der Waals surface area contributed by atoms with E-state index in [9.17, 15) is 0 Å². The second-order valence-electron chi connectivity index (χ2n) is 4.56. The Morgan fingerprint density at radius 3 is 2.50 bits per heavy atom. The van der Waals surface area contributed by atoms with Gasteiger partial charge in [0.15, 0.2) is 0 Å². The van der Waals surface area contributed by atoms with Crippen molar-refractivity contribution in [2.75, 3.05) is 0 Å². The van der Waals surface area contributed by atoms with Crippen LogP contribution >= 0.6 is 0 Å². The summed E-state index contributed by atoms with van der Waals surface area (Å²) in [6, 6.07) is 2.46. The van der Waals surface area contributed by atoms with Crippen molar-refractivity contribution < 1.29 is 0 Å². The molecule has 0 aromatic carbocycles. The predicted molar refractivity (Wildman–Crippen MR) is 50.4 cm³/mol. The number of nitrogens with zero attached hydrogens (tertiary/aromatic N) is 1. The van der Waals surface area contributed by atoms with Crippen LogP contribution in [0.4, 0.5) is 0 Å². The number of rotatable bonds is 1. The normalized spacial score (nSPS) is 36.4. The summed E-state index contributed by atoms with van der Waals surface area (Å²) in [6.45, 7) is 6.79. The summed E-state index contributed by atoms with van der Waals surface area (Å²) in [5.41, 5.74) is 0. The molecule has 0 saturated heterocycles. The maximum absolute atomic E-state index is 8.95. The lowest BCUT2D eigenvalue weighted by molar-refractivity contribution is 0.179. The van der Waals surface area contributed by atoms with Gasteiger partial charge in [-0.05, 0) is 37.0 Å². The smallest absolute Gasteiger partial charge is 0.0658 e. The summed E-state index contributed by atoms with van der Waals surface area (Å²) in [4.78, 5) is 0. The summed E-state index contributed by atoms with van der Waals surface area (Å²) >= 11 is 0. The molecule has 0 bridgehead atoms. The summed E-state index contributed by atoms with van der Waals surface area (Å²) in [6.07, 6.45) is 3.64. The minimum atomic E-state index is 0.334. The second-order valence-corrected chi connectivity index (χ2v) is 4.56. The number of nitriles is 1. The van der Waals surface area contributed by atoms with Gasteiger partial charge in [0.2, 0.25) is 0 Å². The van der Waals surface area contributed by atoms with Crippen LogP contribution in [0.3, 0.4) is 0 Å². The monoisotopic (exact) mass is 165 g/mol. The third-order valence-electron chi connectivity index (χ3n) is 3.18. The van der Waals surface area contributed by atoms with Gasteiger partial charge >= 0.3 is 0 Å². The zero-order valence-corrected chi connectivity index (χ0v) is 8.38. The average Bonchev–Trinajstić information content (AvgIpc) is 2.04. The molecule has 3 atom stereocenters. The van der Waals surface area contributed by atoms with E-state index in [1.165, 1.54) is 12.8 Å². The largest absolute Gasteiger partial charge is 0.198 e. The highest BCUT2D eigenvalue weighted by Crippen LogP contribution is 2.37. The molecule has 1 heteroatoms. The van der Waals surface area contributed by atoms with Gasteiger partial charge < -0.3 is 0 Å². The fourth-order valence-electron chi connectivity index (χ4n) is 2.32. The van der Waals surface area contributed by atoms with Crippen molar-refractivity contribution in [3.63, 3.8) is 0 Å². The molecular weight excluding hydrogens is 146 g/mol. The molecule has 12 heavy (non-hydrogen) atoms. The maximum atomic E-state index is 8.95. The molecule has 0 heterocycles. The van der Waals surface area contributed by atoms with Gasteiger partial charge in [-0.3, -0.25) is 0 Å². The van der Waals surface area contributed by atoms with Crippen molar-refractivity contribution in [3.8, 4) is 6.07 Å². The summed E-state index contributed by atoms with van der Waals surface area (Å²) < 4.78 is 0. The van der Waals surface area contributed by atoms with E-state index >= 15 is 0 Å². The Kier molecular flexibility index (Phi) is 3.14. The standard InChI is InChI=1S/C11H19N/c1-8(2)11-6-9(3)4-5-10(11)7-12/h8-11H,4-6H2,1-3H3/t9-,10?,11?/m0/s1. The van der Waals surface area contributed by atoms with Crippen LogP contribution in [0, 0.1) is 35.0 Å². The first-order valence-electron chi connectivity index (χ1n) is 5.04. The van der Waals surface area contributed by atoms with E-state index in [1.54, 1.807) is 0 Å². The highest BCUT2D eigenvalue weighted by atomic mass is 14.4. The zero-order chi connectivity index (χ0) is 9.14. The van der Waals surface area contributed by atoms with E-state index in [0.717, 1.165) is 12.3 Å². The minimum Gasteiger partial charge on any atom is -0.198 e. The third-order valence-corrected chi connectivity index (χ3v) is 3.18. The Morgan fingerprint density at radius 2 is 2.00 bits per heavy atom. The lowest BCUT2D eigenvalue weighted by Crippen LogP contribution is -2.26. The first kappa shape index (κ1) is 9.58. The van der Waals surface area contributed by atoms with Crippen molar-refractivity contribution in [3.05, 3.63) is 0 Å². The van der Waals surface area contributed by atoms with Crippen molar-refractivity contribution in [2.45, 2.75) is 40.0 Å². The van der Waals surface area contributed by atoms with Crippen LogP contribution in [0.25, 0.3) is 0 Å². The van der Waals surface area contributed by atoms with Gasteiger partial charge in [-0.2, -0.15) is 5.26 Å². The molecule has 0 radical (unpaired) electrons. The van der Waals surface area contributed by atoms with E-state index in [1.807, 2.05) is 0 Å². The molecule has 0 spiro atoms. The van der Waals surface area contributed by atoms with Crippen LogP contribution in [0.1, 0.15) is 40.0 Å². The SMILES string of the molecule is CC(C)C1C[C@@H](C)CCC1C#N. The van der Waals surface area contributed by atoms with Gasteiger partial charge in [-0.25, -0.2) is 0 Å². The fourth-order valence-corrected chi connectivity index (χ4v) is 2.32. The van der Waals surface area contributed by atoms with Gasteiger partial charge in [0.25, 0.3) is 0 Å². The Labute approximate surface area is 75.8 Å². The van der Waals surface area contributed by atoms with Gasteiger partial charge in [-0.1, -0.05) is 20.8 Å². The van der Waals surface area contributed by atoms with Gasteiger partial charge in [0, 0.05) is 5.92 Å². The minimum absolute atomic E-state index is 0.334. The average molecular weight is 165 g/mol. The molecule has 2 unspecified atom stereocenters. The molecule has 1 rings (SSSR count). The van der Waals surface area contributed by atoms with Gasteiger partial charge in [0.05, 0.1) is 6.07 Å². The highest BCUT2D eigenvalue weighted by Gasteiger charge is 2.30. The quantitative estimate of drug-likeness (QED) is 0.585. The Morgan fingerprint density at radius 1 is 1.33 bits per heavy atom. The maximum Gasteiger partial charge on any atom is 0.0658 e. The lowest BCUT2D eigenvalue weighted by atomic mass is 9.70. The third kappa shape index (κ3) is 2.00. The van der Waals surface area contributed by atoms with Crippen LogP contribution in [0.2, 0.25) is 0 Å². The van der Waals surface area contributed by atoms with Crippen LogP contribution < -0.4 is 0 Å². The Bertz CT molecular complexity index is 178. The molecule has 68 valence electrons. The van der Waals surface area contributed by atoms with E-state index in [0.29, 0.717) is 17.8 Å². The van der Waals surface area contributed by atoms with Crippen molar-refractivity contribution in [1.82, 2.24) is 0 Å². The summed E-state index contributed by atoms with van der Waals surface area (Å²) in [7, 11) is 0. The van der Waals surface area contributed by atoms with Crippen LogP contribution in [-0.4, -0.2) is 0 Å². The predicted octanol–water partition coefficient (Wildman–Crippen LogP) is 3.22. The zero-order valence-electron chi connectivity index (χ0n) is 8.38. The molecule has 1 aliphatic rings. The molecule has 1 aliphatic carbocycles. The fraction of sp³-hybridized carbons (Fsp3) is 0.909. The molecule has 0 aromatic rings. The van der Waals surface area contributed by atoms with E-state index in [4.69, 9.17) is 5.26 Å². The Hall–Kier alpha value is -0.510. The molecule has 1 nitrogen and oxygen atoms in total. The van der Waals surface area contributed by atoms with E-state index in [2.05, 4.69) is 26.8 Å². The molecule has 1 saturated carbocycles. The Balaban J connectivity index is 2.59. The first-order chi connectivity index (χ1) is 5.65. The summed E-state index contributed by atoms with van der Waals surface area (Å²) in [5.74, 6) is 2.50. The van der Waals surface area contributed by atoms with E-state index in [-0.39, 0.29) is 0 Å². The second kappa shape index (κ2) is 3.94. The molecule has 1 fully saturated rings. The first-order valence-corrected chi connectivity index (χ1v) is 5.04.